The van der Waals surface area contributed by atoms with Crippen molar-refractivity contribution in [3.8, 4) is 33.4 Å². The topological polar surface area (TPSA) is 6.48 Å². The molecule has 0 aromatic heterocycles. The van der Waals surface area contributed by atoms with E-state index in [0.29, 0.717) is 0 Å². The summed E-state index contributed by atoms with van der Waals surface area (Å²) in [4.78, 5) is 5.31. The standard InChI is InChI=1S/C61H55BN2/c1-38-32-55-58-56(33-38)64(53-35-43(27-26-39(53)2)41-20-13-10-14-21-41)54-37-48-47(59(3,4)30-31-60(48,5)6)36-50(54)62(58)49-34-42(40-18-11-9-12-19-40)28-29-51(49)63(55)52-25-17-24-46-57(52)44-22-15-16-23-45(44)61(46,7)8/h9-29,32-37H,30-31H2,1-8H3. The van der Waals surface area contributed by atoms with Gasteiger partial charge in [-0.3, -0.25) is 0 Å². The van der Waals surface area contributed by atoms with E-state index in [1.807, 2.05) is 0 Å². The Labute approximate surface area is 380 Å². The Morgan fingerprint density at radius 3 is 1.66 bits per heavy atom. The molecule has 64 heavy (non-hydrogen) atoms. The molecule has 4 aliphatic rings. The van der Waals surface area contributed by atoms with Crippen LogP contribution in [0, 0.1) is 13.8 Å². The molecular weight excluding hydrogens is 771 g/mol. The summed E-state index contributed by atoms with van der Waals surface area (Å²) >= 11 is 0. The first kappa shape index (κ1) is 39.0. The molecule has 8 aromatic carbocycles. The molecule has 12 rings (SSSR count). The van der Waals surface area contributed by atoms with Gasteiger partial charge in [0.25, 0.3) is 6.71 Å². The van der Waals surface area contributed by atoms with Gasteiger partial charge in [0.05, 0.1) is 5.69 Å². The van der Waals surface area contributed by atoms with Gasteiger partial charge in [-0.05, 0) is 152 Å². The Bertz CT molecular complexity index is 3230. The molecule has 8 aromatic rings. The molecule has 0 unspecified atom stereocenters. The summed E-state index contributed by atoms with van der Waals surface area (Å²) in [6, 6.07) is 62.6. The maximum atomic E-state index is 2.67. The van der Waals surface area contributed by atoms with Crippen LogP contribution < -0.4 is 26.2 Å². The number of nitrogens with zero attached hydrogens (tertiary/aromatic N) is 2. The number of fused-ring (bicyclic) bond motifs is 8. The SMILES string of the molecule is Cc1cc2c3c(c1)N(c1cccc4c1-c1ccccc1C4(C)C)c1ccc(-c4ccccc4)cc1B3c1cc3c(cc1N2c1cc(-c2ccccc2)ccc1C)C(C)(C)CCC3(C)C. The van der Waals surface area contributed by atoms with Crippen LogP contribution in [-0.4, -0.2) is 6.71 Å². The summed E-state index contributed by atoms with van der Waals surface area (Å²) in [6.45, 7) is 19.3. The Morgan fingerprint density at radius 1 is 0.406 bits per heavy atom. The molecule has 0 fully saturated rings. The van der Waals surface area contributed by atoms with E-state index < -0.39 is 0 Å². The van der Waals surface area contributed by atoms with Gasteiger partial charge in [0.2, 0.25) is 0 Å². The molecule has 0 saturated heterocycles. The van der Waals surface area contributed by atoms with Gasteiger partial charge in [0.1, 0.15) is 0 Å². The minimum Gasteiger partial charge on any atom is -0.311 e. The smallest absolute Gasteiger partial charge is 0.252 e. The second-order valence-corrected chi connectivity index (χ2v) is 20.9. The second-order valence-electron chi connectivity index (χ2n) is 20.9. The molecule has 0 amide bonds. The van der Waals surface area contributed by atoms with Crippen LogP contribution in [0.1, 0.15) is 87.8 Å². The van der Waals surface area contributed by atoms with Gasteiger partial charge in [-0.2, -0.15) is 0 Å². The Morgan fingerprint density at radius 2 is 0.969 bits per heavy atom. The lowest BCUT2D eigenvalue weighted by atomic mass is 9.33. The van der Waals surface area contributed by atoms with Crippen molar-refractivity contribution in [3.05, 3.63) is 197 Å². The van der Waals surface area contributed by atoms with Gasteiger partial charge in [-0.15, -0.1) is 0 Å². The molecule has 0 radical (unpaired) electrons. The number of anilines is 6. The maximum absolute atomic E-state index is 2.67. The Balaban J connectivity index is 1.21. The van der Waals surface area contributed by atoms with Gasteiger partial charge in [-0.1, -0.05) is 169 Å². The van der Waals surface area contributed by atoms with Gasteiger partial charge < -0.3 is 9.80 Å². The van der Waals surface area contributed by atoms with Gasteiger partial charge in [-0.25, -0.2) is 0 Å². The molecule has 0 atom stereocenters. The van der Waals surface area contributed by atoms with Crippen molar-refractivity contribution in [2.45, 2.75) is 84.5 Å². The summed E-state index contributed by atoms with van der Waals surface area (Å²) < 4.78 is 0. The van der Waals surface area contributed by atoms with Crippen molar-refractivity contribution in [3.63, 3.8) is 0 Å². The zero-order valence-electron chi connectivity index (χ0n) is 38.5. The largest absolute Gasteiger partial charge is 0.311 e. The molecule has 2 nitrogen and oxygen atoms in total. The van der Waals surface area contributed by atoms with Crippen LogP contribution in [0.5, 0.6) is 0 Å². The molecule has 3 heteroatoms. The average Bonchev–Trinajstić information content (AvgIpc) is 3.54. The number of hydrogen-bond donors (Lipinski definition) is 0. The average molecular weight is 827 g/mol. The maximum Gasteiger partial charge on any atom is 0.252 e. The zero-order chi connectivity index (χ0) is 43.9. The van der Waals surface area contributed by atoms with Crippen molar-refractivity contribution < 1.29 is 0 Å². The predicted octanol–water partition coefficient (Wildman–Crippen LogP) is 14.4. The normalized spacial score (nSPS) is 16.6. The van der Waals surface area contributed by atoms with Gasteiger partial charge in [0, 0.05) is 39.4 Å². The summed E-state index contributed by atoms with van der Waals surface area (Å²) in [5.41, 5.74) is 27.5. The van der Waals surface area contributed by atoms with Crippen molar-refractivity contribution in [1.82, 2.24) is 0 Å². The highest BCUT2D eigenvalue weighted by Gasteiger charge is 2.48. The molecule has 0 saturated carbocycles. The van der Waals surface area contributed by atoms with E-state index in [4.69, 9.17) is 0 Å². The van der Waals surface area contributed by atoms with E-state index in [0.717, 1.165) is 6.42 Å². The molecule has 0 spiro atoms. The first-order valence-corrected chi connectivity index (χ1v) is 23.3. The van der Waals surface area contributed by atoms with Crippen LogP contribution in [0.25, 0.3) is 33.4 Å². The van der Waals surface area contributed by atoms with Crippen LogP contribution in [0.4, 0.5) is 34.1 Å². The molecule has 0 bridgehead atoms. The van der Waals surface area contributed by atoms with Crippen molar-refractivity contribution >= 4 is 57.2 Å². The van der Waals surface area contributed by atoms with Crippen LogP contribution in [0.2, 0.25) is 0 Å². The minimum absolute atomic E-state index is 0.0102. The lowest BCUT2D eigenvalue weighted by Gasteiger charge is -2.48. The number of aryl methyl sites for hydroxylation is 2. The summed E-state index contributed by atoms with van der Waals surface area (Å²) in [6.07, 6.45) is 2.33. The summed E-state index contributed by atoms with van der Waals surface area (Å²) in [5.74, 6) is 0. The predicted molar refractivity (Wildman–Crippen MR) is 274 cm³/mol. The van der Waals surface area contributed by atoms with Crippen LogP contribution in [0.15, 0.2) is 164 Å². The lowest BCUT2D eigenvalue weighted by molar-refractivity contribution is 0.332. The highest BCUT2D eigenvalue weighted by molar-refractivity contribution is 7.00. The second kappa shape index (κ2) is 13.7. The Kier molecular flexibility index (Phi) is 8.37. The highest BCUT2D eigenvalue weighted by Crippen LogP contribution is 2.56. The molecule has 2 aliphatic heterocycles. The minimum atomic E-state index is -0.122. The lowest BCUT2D eigenvalue weighted by Crippen LogP contribution is -2.62. The van der Waals surface area contributed by atoms with E-state index in [9.17, 15) is 0 Å². The van der Waals surface area contributed by atoms with E-state index in [-0.39, 0.29) is 23.0 Å². The number of benzene rings is 8. The van der Waals surface area contributed by atoms with Crippen molar-refractivity contribution in [1.29, 1.82) is 0 Å². The quantitative estimate of drug-likeness (QED) is 0.163. The third-order valence-electron chi connectivity index (χ3n) is 15.7. The van der Waals surface area contributed by atoms with Crippen LogP contribution >= 0.6 is 0 Å². The molecular formula is C61H55BN2. The van der Waals surface area contributed by atoms with E-state index in [1.54, 1.807) is 0 Å². The molecule has 312 valence electrons. The first-order valence-electron chi connectivity index (χ1n) is 23.3. The van der Waals surface area contributed by atoms with Crippen LogP contribution in [-0.2, 0) is 16.2 Å². The summed E-state index contributed by atoms with van der Waals surface area (Å²) in [7, 11) is 0. The zero-order valence-corrected chi connectivity index (χ0v) is 38.5. The van der Waals surface area contributed by atoms with Crippen LogP contribution in [0.3, 0.4) is 0 Å². The first-order chi connectivity index (χ1) is 30.8. The summed E-state index contributed by atoms with van der Waals surface area (Å²) in [5, 5.41) is 0. The third kappa shape index (κ3) is 5.59. The van der Waals surface area contributed by atoms with Gasteiger partial charge in [0.15, 0.2) is 0 Å². The molecule has 0 N–H and O–H groups in total. The molecule has 2 heterocycles. The highest BCUT2D eigenvalue weighted by atomic mass is 15.2. The fourth-order valence-corrected chi connectivity index (χ4v) is 12.1. The number of rotatable bonds is 4. The van der Waals surface area contributed by atoms with E-state index >= 15 is 0 Å². The van der Waals surface area contributed by atoms with Crippen molar-refractivity contribution in [2.24, 2.45) is 0 Å². The Hall–Kier alpha value is -6.58. The van der Waals surface area contributed by atoms with E-state index in [2.05, 4.69) is 229 Å². The van der Waals surface area contributed by atoms with Gasteiger partial charge >= 0.3 is 0 Å². The monoisotopic (exact) mass is 826 g/mol. The van der Waals surface area contributed by atoms with E-state index in [1.165, 1.54) is 124 Å². The fourth-order valence-electron chi connectivity index (χ4n) is 12.1. The van der Waals surface area contributed by atoms with Crippen molar-refractivity contribution in [2.75, 3.05) is 9.80 Å². The number of hydrogen-bond acceptors (Lipinski definition) is 2. The third-order valence-corrected chi connectivity index (χ3v) is 15.7. The molecule has 2 aliphatic carbocycles. The fraction of sp³-hybridized carbons (Fsp3) is 0.213.